The predicted molar refractivity (Wildman–Crippen MR) is 62.9 cm³/mol. The van der Waals surface area contributed by atoms with Crippen LogP contribution in [-0.2, 0) is 4.79 Å². The molecule has 0 fully saturated rings. The molecule has 1 rings (SSSR count). The number of nitrogens with one attached hydrogen (secondary N) is 1. The van der Waals surface area contributed by atoms with Gasteiger partial charge in [-0.25, -0.2) is 5.84 Å². The number of hydrogen-bond donors (Lipinski definition) is 2. The van der Waals surface area contributed by atoms with Crippen LogP contribution in [0.2, 0.25) is 5.02 Å². The molecule has 1 atom stereocenters. The second kappa shape index (κ2) is 4.84. The first kappa shape index (κ1) is 13.0. The molecule has 0 aliphatic carbocycles. The fourth-order valence-electron chi connectivity index (χ4n) is 1.70. The zero-order valence-corrected chi connectivity index (χ0v) is 10.7. The van der Waals surface area contributed by atoms with E-state index in [1.807, 2.05) is 27.7 Å². The molecule has 6 heteroatoms. The molecule has 0 saturated heterocycles. The zero-order chi connectivity index (χ0) is 12.5. The van der Waals surface area contributed by atoms with E-state index in [1.165, 1.54) is 0 Å². The van der Waals surface area contributed by atoms with Crippen molar-refractivity contribution in [1.29, 1.82) is 0 Å². The average molecular weight is 245 g/mol. The van der Waals surface area contributed by atoms with Crippen LogP contribution in [0.3, 0.4) is 0 Å². The third-order valence-corrected chi connectivity index (χ3v) is 3.09. The van der Waals surface area contributed by atoms with Crippen molar-refractivity contribution in [3.8, 4) is 0 Å². The van der Waals surface area contributed by atoms with Gasteiger partial charge in [0, 0.05) is 0 Å². The lowest BCUT2D eigenvalue weighted by atomic mass is 10.0. The van der Waals surface area contributed by atoms with Gasteiger partial charge in [0.1, 0.15) is 6.04 Å². The molecule has 16 heavy (non-hydrogen) atoms. The number of aryl methyl sites for hydroxylation is 1. The van der Waals surface area contributed by atoms with Crippen LogP contribution in [0.1, 0.15) is 31.3 Å². The second-order valence-electron chi connectivity index (χ2n) is 4.13. The molecule has 0 bridgehead atoms. The second-order valence-corrected chi connectivity index (χ2v) is 4.50. The number of nitrogens with zero attached hydrogens (tertiary/aromatic N) is 2. The smallest absolute Gasteiger partial charge is 0.259 e. The van der Waals surface area contributed by atoms with Gasteiger partial charge in [0.2, 0.25) is 0 Å². The highest BCUT2D eigenvalue weighted by atomic mass is 35.5. The molecule has 1 aromatic rings. The third-order valence-electron chi connectivity index (χ3n) is 2.54. The number of halogens is 1. The van der Waals surface area contributed by atoms with Crippen molar-refractivity contribution in [1.82, 2.24) is 15.2 Å². The first-order chi connectivity index (χ1) is 7.40. The monoisotopic (exact) mass is 244 g/mol. The van der Waals surface area contributed by atoms with E-state index in [1.54, 1.807) is 4.68 Å². The predicted octanol–water partition coefficient (Wildman–Crippen LogP) is 1.34. The van der Waals surface area contributed by atoms with E-state index < -0.39 is 6.04 Å². The van der Waals surface area contributed by atoms with E-state index in [2.05, 4.69) is 10.5 Å². The molecule has 1 amide bonds. The van der Waals surface area contributed by atoms with Gasteiger partial charge in [0.05, 0.1) is 16.4 Å². The molecule has 90 valence electrons. The molecule has 0 saturated carbocycles. The molecule has 5 nitrogen and oxygen atoms in total. The first-order valence-corrected chi connectivity index (χ1v) is 5.49. The Morgan fingerprint density at radius 2 is 2.06 bits per heavy atom. The summed E-state index contributed by atoms with van der Waals surface area (Å²) < 4.78 is 1.63. The Bertz CT molecular complexity index is 400. The Kier molecular flexibility index (Phi) is 3.93. The van der Waals surface area contributed by atoms with Crippen LogP contribution < -0.4 is 11.3 Å². The molecule has 0 aliphatic rings. The van der Waals surface area contributed by atoms with Crippen LogP contribution in [0, 0.1) is 19.8 Å². The Hall–Kier alpha value is -1.07. The summed E-state index contributed by atoms with van der Waals surface area (Å²) in [5.74, 6) is 4.98. The van der Waals surface area contributed by atoms with E-state index in [0.29, 0.717) is 5.02 Å². The summed E-state index contributed by atoms with van der Waals surface area (Å²) in [4.78, 5) is 11.7. The Labute approximate surface area is 99.9 Å². The third kappa shape index (κ3) is 2.20. The first-order valence-electron chi connectivity index (χ1n) is 5.11. The fourth-order valence-corrected chi connectivity index (χ4v) is 1.82. The van der Waals surface area contributed by atoms with Gasteiger partial charge in [0.15, 0.2) is 0 Å². The molecular formula is C10H17ClN4O. The molecule has 3 N–H and O–H groups in total. The highest BCUT2D eigenvalue weighted by Crippen LogP contribution is 2.25. The minimum Gasteiger partial charge on any atom is -0.292 e. The van der Waals surface area contributed by atoms with E-state index >= 15 is 0 Å². The number of rotatable bonds is 3. The van der Waals surface area contributed by atoms with Gasteiger partial charge in [-0.05, 0) is 19.8 Å². The van der Waals surface area contributed by atoms with Crippen LogP contribution in [0.15, 0.2) is 0 Å². The van der Waals surface area contributed by atoms with Crippen LogP contribution >= 0.6 is 11.6 Å². The van der Waals surface area contributed by atoms with Crippen molar-refractivity contribution < 1.29 is 4.79 Å². The number of hydrazine groups is 1. The summed E-state index contributed by atoms with van der Waals surface area (Å²) in [5.41, 5.74) is 3.65. The number of amides is 1. The summed E-state index contributed by atoms with van der Waals surface area (Å²) in [7, 11) is 0. The maximum atomic E-state index is 11.7. The van der Waals surface area contributed by atoms with Gasteiger partial charge in [-0.1, -0.05) is 25.4 Å². The van der Waals surface area contributed by atoms with Crippen LogP contribution in [0.25, 0.3) is 0 Å². The number of carbonyl (C=O) groups excluding carboxylic acids is 1. The lowest BCUT2D eigenvalue weighted by Crippen LogP contribution is -2.40. The van der Waals surface area contributed by atoms with Crippen molar-refractivity contribution in [2.45, 2.75) is 33.7 Å². The van der Waals surface area contributed by atoms with Gasteiger partial charge in [-0.3, -0.25) is 14.9 Å². The minimum absolute atomic E-state index is 0.0811. The zero-order valence-electron chi connectivity index (χ0n) is 9.91. The quantitative estimate of drug-likeness (QED) is 0.479. The molecule has 0 aliphatic heterocycles. The normalized spacial score (nSPS) is 12.9. The van der Waals surface area contributed by atoms with Crippen molar-refractivity contribution in [2.24, 2.45) is 11.8 Å². The van der Waals surface area contributed by atoms with E-state index in [-0.39, 0.29) is 11.8 Å². The van der Waals surface area contributed by atoms with Gasteiger partial charge < -0.3 is 0 Å². The SMILES string of the molecule is Cc1nn(C(C(=O)NN)C(C)C)c(C)c1Cl. The highest BCUT2D eigenvalue weighted by molar-refractivity contribution is 6.31. The van der Waals surface area contributed by atoms with Crippen molar-refractivity contribution in [2.75, 3.05) is 0 Å². The largest absolute Gasteiger partial charge is 0.292 e. The summed E-state index contributed by atoms with van der Waals surface area (Å²) in [5, 5.41) is 4.86. The van der Waals surface area contributed by atoms with Gasteiger partial charge in [0.25, 0.3) is 5.91 Å². The van der Waals surface area contributed by atoms with Gasteiger partial charge in [-0.15, -0.1) is 0 Å². The van der Waals surface area contributed by atoms with Crippen LogP contribution in [0.5, 0.6) is 0 Å². The van der Waals surface area contributed by atoms with Crippen LogP contribution in [-0.4, -0.2) is 15.7 Å². The standard InChI is InChI=1S/C10H17ClN4O/c1-5(2)9(10(16)13-12)15-7(4)8(11)6(3)14-15/h5,9H,12H2,1-4H3,(H,13,16). The van der Waals surface area contributed by atoms with E-state index in [9.17, 15) is 4.79 Å². The number of nitrogens with two attached hydrogens (primary N) is 1. The average Bonchev–Trinajstić information content (AvgIpc) is 2.46. The maximum Gasteiger partial charge on any atom is 0.259 e. The molecule has 1 heterocycles. The Morgan fingerprint density at radius 3 is 2.38 bits per heavy atom. The van der Waals surface area contributed by atoms with Crippen molar-refractivity contribution in [3.63, 3.8) is 0 Å². The van der Waals surface area contributed by atoms with Gasteiger partial charge >= 0.3 is 0 Å². The molecule has 0 radical (unpaired) electrons. The van der Waals surface area contributed by atoms with Crippen LogP contribution in [0.4, 0.5) is 0 Å². The van der Waals surface area contributed by atoms with E-state index in [0.717, 1.165) is 11.4 Å². The summed E-state index contributed by atoms with van der Waals surface area (Å²) in [6, 6.07) is -0.434. The number of aromatic nitrogens is 2. The van der Waals surface area contributed by atoms with E-state index in [4.69, 9.17) is 17.4 Å². The Morgan fingerprint density at radius 1 is 1.50 bits per heavy atom. The fraction of sp³-hybridized carbons (Fsp3) is 0.600. The molecule has 0 aromatic carbocycles. The Balaban J connectivity index is 3.21. The summed E-state index contributed by atoms with van der Waals surface area (Å²) in [6.07, 6.45) is 0. The minimum atomic E-state index is -0.434. The maximum absolute atomic E-state index is 11.7. The molecule has 1 unspecified atom stereocenters. The van der Waals surface area contributed by atoms with Crippen molar-refractivity contribution in [3.05, 3.63) is 16.4 Å². The molecule has 1 aromatic heterocycles. The van der Waals surface area contributed by atoms with Gasteiger partial charge in [-0.2, -0.15) is 5.10 Å². The number of hydrogen-bond acceptors (Lipinski definition) is 3. The summed E-state index contributed by atoms with van der Waals surface area (Å²) >= 11 is 6.05. The molecule has 0 spiro atoms. The summed E-state index contributed by atoms with van der Waals surface area (Å²) in [6.45, 7) is 7.51. The molecular weight excluding hydrogens is 228 g/mol. The lowest BCUT2D eigenvalue weighted by Gasteiger charge is -2.20. The van der Waals surface area contributed by atoms with Crippen molar-refractivity contribution >= 4 is 17.5 Å². The highest BCUT2D eigenvalue weighted by Gasteiger charge is 2.27. The number of carbonyl (C=O) groups is 1. The lowest BCUT2D eigenvalue weighted by molar-refractivity contribution is -0.126. The topological polar surface area (TPSA) is 72.9 Å².